The monoisotopic (exact) mass is 541 g/mol. The fourth-order valence-electron chi connectivity index (χ4n) is 5.47. The number of rotatable bonds is 7. The largest absolute Gasteiger partial charge is 0.490 e. The maximum absolute atomic E-state index is 13.2. The Morgan fingerprint density at radius 1 is 1.05 bits per heavy atom. The normalized spacial score (nSPS) is 24.1. The average molecular weight is 542 g/mol. The number of benzene rings is 3. The van der Waals surface area contributed by atoms with E-state index in [1.54, 1.807) is 60.7 Å². The van der Waals surface area contributed by atoms with Crippen molar-refractivity contribution in [2.45, 2.75) is 44.0 Å². The zero-order valence-corrected chi connectivity index (χ0v) is 21.7. The second-order valence-electron chi connectivity index (χ2n) is 9.16. The summed E-state index contributed by atoms with van der Waals surface area (Å²) in [5.41, 5.74) is 1.12. The number of carbonyl (C=O) groups excluding carboxylic acids is 1. The molecule has 2 aliphatic rings. The molecule has 0 unspecified atom stereocenters. The van der Waals surface area contributed by atoms with E-state index in [4.69, 9.17) is 32.7 Å². The van der Waals surface area contributed by atoms with Crippen LogP contribution in [0.1, 0.15) is 36.5 Å². The van der Waals surface area contributed by atoms with Gasteiger partial charge in [0.2, 0.25) is 0 Å². The van der Waals surface area contributed by atoms with Gasteiger partial charge in [0.05, 0.1) is 12.5 Å². The number of anilines is 1. The van der Waals surface area contributed by atoms with E-state index >= 15 is 0 Å². The third-order valence-corrected chi connectivity index (χ3v) is 7.60. The summed E-state index contributed by atoms with van der Waals surface area (Å²) in [5, 5.41) is 19.7. The molecule has 37 heavy (non-hydrogen) atoms. The van der Waals surface area contributed by atoms with Crippen molar-refractivity contribution in [3.05, 3.63) is 97.5 Å². The average Bonchev–Trinajstić information content (AvgIpc) is 3.33. The van der Waals surface area contributed by atoms with E-state index in [-0.39, 0.29) is 17.6 Å². The van der Waals surface area contributed by atoms with Crippen LogP contribution in [-0.4, -0.2) is 29.5 Å². The van der Waals surface area contributed by atoms with Gasteiger partial charge in [-0.2, -0.15) is 0 Å². The first kappa shape index (κ1) is 25.3. The van der Waals surface area contributed by atoms with Crippen LogP contribution in [0.25, 0.3) is 0 Å². The Morgan fingerprint density at radius 3 is 2.57 bits per heavy atom. The Bertz CT molecular complexity index is 1380. The summed E-state index contributed by atoms with van der Waals surface area (Å²) in [6, 6.07) is 15.9. The first-order valence-corrected chi connectivity index (χ1v) is 12.7. The number of nitrogens with one attached hydrogen (secondary N) is 2. The van der Waals surface area contributed by atoms with Gasteiger partial charge in [-0.25, -0.2) is 0 Å². The minimum absolute atomic E-state index is 0.189. The molecule has 2 heterocycles. The lowest BCUT2D eigenvalue weighted by molar-refractivity contribution is -0.532. The molecule has 192 valence electrons. The van der Waals surface area contributed by atoms with E-state index in [9.17, 15) is 14.9 Å². The molecule has 1 amide bonds. The maximum atomic E-state index is 13.2. The summed E-state index contributed by atoms with van der Waals surface area (Å²) in [4.78, 5) is 25.4. The van der Waals surface area contributed by atoms with Crippen molar-refractivity contribution >= 4 is 34.8 Å². The zero-order valence-electron chi connectivity index (χ0n) is 20.2. The van der Waals surface area contributed by atoms with Gasteiger partial charge in [-0.05, 0) is 49.7 Å². The van der Waals surface area contributed by atoms with Crippen molar-refractivity contribution in [1.82, 2.24) is 5.32 Å². The molecule has 1 fully saturated rings. The molecule has 0 bridgehead atoms. The Kier molecular flexibility index (Phi) is 6.74. The molecule has 4 atom stereocenters. The van der Waals surface area contributed by atoms with Crippen molar-refractivity contribution in [2.24, 2.45) is 0 Å². The van der Waals surface area contributed by atoms with Gasteiger partial charge in [-0.15, -0.1) is 0 Å². The molecule has 0 radical (unpaired) electrons. The molecule has 2 aliphatic heterocycles. The fourth-order valence-corrected chi connectivity index (χ4v) is 5.93. The number of para-hydroxylation sites is 1. The lowest BCUT2D eigenvalue weighted by atomic mass is 9.78. The van der Waals surface area contributed by atoms with Crippen LogP contribution >= 0.6 is 23.2 Å². The number of hydrogen-bond donors (Lipinski definition) is 2. The van der Waals surface area contributed by atoms with Crippen molar-refractivity contribution in [3.63, 3.8) is 0 Å². The summed E-state index contributed by atoms with van der Waals surface area (Å²) in [7, 11) is 0. The Labute approximate surface area is 224 Å². The summed E-state index contributed by atoms with van der Waals surface area (Å²) in [5.74, 6) is -0.0939. The zero-order chi connectivity index (χ0) is 26.3. The highest BCUT2D eigenvalue weighted by Crippen LogP contribution is 2.50. The highest BCUT2D eigenvalue weighted by Gasteiger charge is 2.67. The van der Waals surface area contributed by atoms with Crippen LogP contribution in [0.4, 0.5) is 5.69 Å². The van der Waals surface area contributed by atoms with Crippen LogP contribution in [0.5, 0.6) is 11.5 Å². The van der Waals surface area contributed by atoms with Gasteiger partial charge in [-0.3, -0.25) is 20.2 Å². The minimum Gasteiger partial charge on any atom is -0.490 e. The van der Waals surface area contributed by atoms with Crippen molar-refractivity contribution < 1.29 is 19.2 Å². The van der Waals surface area contributed by atoms with Crippen molar-refractivity contribution in [2.75, 3.05) is 11.9 Å². The number of halogens is 2. The molecule has 0 aromatic heterocycles. The summed E-state index contributed by atoms with van der Waals surface area (Å²) in [6.45, 7) is 4.27. The van der Waals surface area contributed by atoms with Crippen LogP contribution in [0.3, 0.4) is 0 Å². The molecular formula is C27H25Cl2N3O5. The first-order valence-electron chi connectivity index (χ1n) is 11.9. The van der Waals surface area contributed by atoms with Gasteiger partial charge in [0, 0.05) is 37.8 Å². The SMILES string of the molecule is CCOc1cc([C@@H]2[C@H](C)N[C@@]3(C(=O)Nc4ccccc43)[C@@H]2[N+](=O)[O-])ccc1OCc1ccc(Cl)cc1Cl. The standard InChI is InChI=1S/C27H25Cl2N3O5/c1-3-36-23-12-16(9-11-22(23)37-14-17-8-10-18(28)13-20(17)29)24-15(2)31-27(25(24)32(34)35)19-6-4-5-7-21(19)30-26(27)33/h4-13,15,24-25,31H,3,14H2,1-2H3,(H,30,33)/t15-,24-,25+,27+/m0/s1. The van der Waals surface area contributed by atoms with Crippen molar-refractivity contribution in [3.8, 4) is 11.5 Å². The number of amides is 1. The quantitative estimate of drug-likeness (QED) is 0.300. The van der Waals surface area contributed by atoms with Crippen LogP contribution in [0.15, 0.2) is 60.7 Å². The van der Waals surface area contributed by atoms with Gasteiger partial charge in [-0.1, -0.05) is 53.5 Å². The topological polar surface area (TPSA) is 103 Å². The Hall–Kier alpha value is -3.33. The predicted octanol–water partition coefficient (Wildman–Crippen LogP) is 5.54. The Morgan fingerprint density at radius 2 is 1.84 bits per heavy atom. The van der Waals surface area contributed by atoms with E-state index < -0.39 is 23.4 Å². The highest BCUT2D eigenvalue weighted by molar-refractivity contribution is 6.35. The van der Waals surface area contributed by atoms with E-state index in [1.165, 1.54) is 0 Å². The van der Waals surface area contributed by atoms with Gasteiger partial charge in [0.1, 0.15) is 6.61 Å². The molecule has 10 heteroatoms. The molecule has 0 saturated carbocycles. The molecule has 1 saturated heterocycles. The van der Waals surface area contributed by atoms with Gasteiger partial charge >= 0.3 is 0 Å². The second-order valence-corrected chi connectivity index (χ2v) is 10.0. The van der Waals surface area contributed by atoms with Gasteiger partial charge in [0.15, 0.2) is 17.0 Å². The predicted molar refractivity (Wildman–Crippen MR) is 141 cm³/mol. The lowest BCUT2D eigenvalue weighted by Crippen LogP contribution is -2.54. The van der Waals surface area contributed by atoms with Crippen LogP contribution < -0.4 is 20.1 Å². The molecule has 1 spiro atoms. The smallest absolute Gasteiger partial charge is 0.256 e. The van der Waals surface area contributed by atoms with Crippen LogP contribution in [-0.2, 0) is 16.9 Å². The van der Waals surface area contributed by atoms with Crippen molar-refractivity contribution in [1.29, 1.82) is 0 Å². The van der Waals surface area contributed by atoms with Gasteiger partial charge < -0.3 is 14.8 Å². The molecule has 2 N–H and O–H groups in total. The van der Waals surface area contributed by atoms with E-state index in [0.717, 1.165) is 5.56 Å². The van der Waals surface area contributed by atoms with Crippen LogP contribution in [0, 0.1) is 10.1 Å². The number of fused-ring (bicyclic) bond motifs is 2. The minimum atomic E-state index is -1.48. The number of nitrogens with zero attached hydrogens (tertiary/aromatic N) is 1. The summed E-state index contributed by atoms with van der Waals surface area (Å²) >= 11 is 12.3. The highest BCUT2D eigenvalue weighted by atomic mass is 35.5. The lowest BCUT2D eigenvalue weighted by Gasteiger charge is -2.25. The van der Waals surface area contributed by atoms with E-state index in [2.05, 4.69) is 10.6 Å². The number of carbonyl (C=O) groups is 1. The first-order chi connectivity index (χ1) is 17.8. The molecule has 3 aromatic carbocycles. The Balaban J connectivity index is 1.50. The molecule has 3 aromatic rings. The fraction of sp³-hybridized carbons (Fsp3) is 0.296. The number of hydrogen-bond acceptors (Lipinski definition) is 6. The second kappa shape index (κ2) is 9.85. The third-order valence-electron chi connectivity index (χ3n) is 7.01. The molecule has 5 rings (SSSR count). The summed E-state index contributed by atoms with van der Waals surface area (Å²) < 4.78 is 11.9. The maximum Gasteiger partial charge on any atom is 0.256 e. The van der Waals surface area contributed by atoms with Gasteiger partial charge in [0.25, 0.3) is 11.9 Å². The number of nitro groups is 1. The number of ether oxygens (including phenoxy) is 2. The third kappa shape index (κ3) is 4.29. The summed E-state index contributed by atoms with van der Waals surface area (Å²) in [6.07, 6.45) is 0. The van der Waals surface area contributed by atoms with E-state index in [1.807, 2.05) is 13.8 Å². The molecule has 0 aliphatic carbocycles. The van der Waals surface area contributed by atoms with E-state index in [0.29, 0.717) is 45.0 Å². The molecular weight excluding hydrogens is 517 g/mol. The van der Waals surface area contributed by atoms with Crippen LogP contribution in [0.2, 0.25) is 10.0 Å². The molecule has 8 nitrogen and oxygen atoms in total.